The molecule has 0 bridgehead atoms. The molecule has 1 aliphatic rings. The smallest absolute Gasteiger partial charge is 0.163 e. The van der Waals surface area contributed by atoms with Crippen LogP contribution in [0.2, 0.25) is 0 Å². The fourth-order valence-electron chi connectivity index (χ4n) is 2.92. The van der Waals surface area contributed by atoms with E-state index in [9.17, 15) is 4.79 Å². The molecule has 0 aliphatic carbocycles. The molecule has 0 radical (unpaired) electrons. The van der Waals surface area contributed by atoms with Gasteiger partial charge in [-0.05, 0) is 69.1 Å². The Hall–Kier alpha value is -1.35. The van der Waals surface area contributed by atoms with Crippen molar-refractivity contribution < 1.29 is 4.79 Å². The van der Waals surface area contributed by atoms with E-state index in [1.165, 1.54) is 6.42 Å². The lowest BCUT2D eigenvalue weighted by Gasteiger charge is -2.20. The highest BCUT2D eigenvalue weighted by atomic mass is 16.1. The first-order valence-corrected chi connectivity index (χ1v) is 7.59. The van der Waals surface area contributed by atoms with Crippen LogP contribution in [0.1, 0.15) is 36.5 Å². The highest BCUT2D eigenvalue weighted by Gasteiger charge is 2.24. The van der Waals surface area contributed by atoms with Crippen molar-refractivity contribution in [2.24, 2.45) is 11.8 Å². The monoisotopic (exact) mass is 274 g/mol. The minimum absolute atomic E-state index is 0.286. The van der Waals surface area contributed by atoms with Gasteiger partial charge in [-0.3, -0.25) is 4.79 Å². The number of carbonyl (C=O) groups is 1. The summed E-state index contributed by atoms with van der Waals surface area (Å²) in [5.74, 6) is 1.45. The average Bonchev–Trinajstić information content (AvgIpc) is 2.63. The van der Waals surface area contributed by atoms with Crippen LogP contribution in [0.15, 0.2) is 24.3 Å². The Morgan fingerprint density at radius 3 is 2.55 bits per heavy atom. The summed E-state index contributed by atoms with van der Waals surface area (Å²) in [6.45, 7) is 4.56. The number of nitrogens with zero attached hydrogens (tertiary/aromatic N) is 1. The summed E-state index contributed by atoms with van der Waals surface area (Å²) in [4.78, 5) is 14.8. The normalized spacial score (nSPS) is 24.1. The molecule has 110 valence electrons. The SMILES string of the molecule is CNc1ccc(C(=O)CC2CCN(C)CCC2C)cc1. The van der Waals surface area contributed by atoms with Gasteiger partial charge in [0.25, 0.3) is 0 Å². The van der Waals surface area contributed by atoms with Crippen molar-refractivity contribution in [2.45, 2.75) is 26.2 Å². The molecule has 3 nitrogen and oxygen atoms in total. The molecule has 1 N–H and O–H groups in total. The number of hydrogen-bond donors (Lipinski definition) is 1. The largest absolute Gasteiger partial charge is 0.388 e. The van der Waals surface area contributed by atoms with E-state index in [2.05, 4.69) is 24.2 Å². The second kappa shape index (κ2) is 6.89. The van der Waals surface area contributed by atoms with E-state index in [1.54, 1.807) is 0 Å². The molecule has 2 unspecified atom stereocenters. The fraction of sp³-hybridized carbons (Fsp3) is 0.588. The van der Waals surface area contributed by atoms with Crippen LogP contribution in [-0.4, -0.2) is 37.9 Å². The van der Waals surface area contributed by atoms with E-state index in [0.29, 0.717) is 18.3 Å². The second-order valence-corrected chi connectivity index (χ2v) is 6.07. The number of anilines is 1. The Morgan fingerprint density at radius 1 is 1.25 bits per heavy atom. The maximum Gasteiger partial charge on any atom is 0.163 e. The van der Waals surface area contributed by atoms with Gasteiger partial charge in [-0.2, -0.15) is 0 Å². The van der Waals surface area contributed by atoms with Crippen molar-refractivity contribution >= 4 is 11.5 Å². The van der Waals surface area contributed by atoms with E-state index >= 15 is 0 Å². The lowest BCUT2D eigenvalue weighted by molar-refractivity contribution is 0.0943. The molecule has 0 saturated carbocycles. The van der Waals surface area contributed by atoms with E-state index in [4.69, 9.17) is 0 Å². The number of carbonyl (C=O) groups excluding carboxylic acids is 1. The van der Waals surface area contributed by atoms with Gasteiger partial charge in [0.15, 0.2) is 5.78 Å². The van der Waals surface area contributed by atoms with Crippen LogP contribution in [0.5, 0.6) is 0 Å². The van der Waals surface area contributed by atoms with Crippen molar-refractivity contribution in [1.29, 1.82) is 0 Å². The Kier molecular flexibility index (Phi) is 5.18. The van der Waals surface area contributed by atoms with Crippen LogP contribution in [0, 0.1) is 11.8 Å². The van der Waals surface area contributed by atoms with Gasteiger partial charge in [-0.25, -0.2) is 0 Å². The average molecular weight is 274 g/mol. The van der Waals surface area contributed by atoms with Crippen molar-refractivity contribution in [2.75, 3.05) is 32.5 Å². The summed E-state index contributed by atoms with van der Waals surface area (Å²) in [5.41, 5.74) is 1.89. The van der Waals surface area contributed by atoms with E-state index < -0.39 is 0 Å². The molecular formula is C17H26N2O. The summed E-state index contributed by atoms with van der Waals surface area (Å²) in [6, 6.07) is 7.80. The highest BCUT2D eigenvalue weighted by Crippen LogP contribution is 2.27. The molecule has 1 aromatic carbocycles. The zero-order valence-corrected chi connectivity index (χ0v) is 12.9. The number of likely N-dealkylation sites (tertiary alicyclic amines) is 1. The highest BCUT2D eigenvalue weighted by molar-refractivity contribution is 5.96. The number of Topliss-reactive ketones (excluding diaryl/α,β-unsaturated/α-hetero) is 1. The van der Waals surface area contributed by atoms with Gasteiger partial charge in [0.05, 0.1) is 0 Å². The third-order valence-corrected chi connectivity index (χ3v) is 4.60. The third-order valence-electron chi connectivity index (χ3n) is 4.60. The van der Waals surface area contributed by atoms with Crippen LogP contribution < -0.4 is 5.32 Å². The van der Waals surface area contributed by atoms with Gasteiger partial charge in [0.1, 0.15) is 0 Å². The van der Waals surface area contributed by atoms with Crippen LogP contribution in [0.4, 0.5) is 5.69 Å². The van der Waals surface area contributed by atoms with Crippen LogP contribution in [0.25, 0.3) is 0 Å². The minimum atomic E-state index is 0.286. The van der Waals surface area contributed by atoms with Crippen molar-refractivity contribution in [3.8, 4) is 0 Å². The lowest BCUT2D eigenvalue weighted by Crippen LogP contribution is -2.19. The first-order chi connectivity index (χ1) is 9.60. The quantitative estimate of drug-likeness (QED) is 0.855. The molecule has 0 amide bonds. The lowest BCUT2D eigenvalue weighted by atomic mass is 9.84. The molecule has 1 fully saturated rings. The van der Waals surface area contributed by atoms with E-state index in [-0.39, 0.29) is 5.78 Å². The molecule has 0 spiro atoms. The Labute approximate surface area is 122 Å². The van der Waals surface area contributed by atoms with Gasteiger partial charge < -0.3 is 10.2 Å². The molecule has 20 heavy (non-hydrogen) atoms. The number of benzene rings is 1. The molecule has 1 saturated heterocycles. The summed E-state index contributed by atoms with van der Waals surface area (Å²) in [6.07, 6.45) is 3.03. The fourth-order valence-corrected chi connectivity index (χ4v) is 2.92. The Bertz CT molecular complexity index is 441. The molecule has 1 heterocycles. The number of nitrogens with one attached hydrogen (secondary N) is 1. The molecular weight excluding hydrogens is 248 g/mol. The molecule has 2 atom stereocenters. The van der Waals surface area contributed by atoms with E-state index in [0.717, 1.165) is 30.8 Å². The second-order valence-electron chi connectivity index (χ2n) is 6.07. The molecule has 2 rings (SSSR count). The van der Waals surface area contributed by atoms with Crippen LogP contribution >= 0.6 is 0 Å². The first kappa shape index (κ1) is 15.0. The van der Waals surface area contributed by atoms with Crippen LogP contribution in [-0.2, 0) is 0 Å². The number of hydrogen-bond acceptors (Lipinski definition) is 3. The molecule has 1 aromatic rings. The minimum Gasteiger partial charge on any atom is -0.388 e. The van der Waals surface area contributed by atoms with Crippen molar-refractivity contribution in [3.05, 3.63) is 29.8 Å². The summed E-state index contributed by atoms with van der Waals surface area (Å²) in [7, 11) is 4.06. The molecule has 0 aromatic heterocycles. The van der Waals surface area contributed by atoms with Gasteiger partial charge >= 0.3 is 0 Å². The number of ketones is 1. The third kappa shape index (κ3) is 3.83. The van der Waals surface area contributed by atoms with Crippen molar-refractivity contribution in [3.63, 3.8) is 0 Å². The van der Waals surface area contributed by atoms with Gasteiger partial charge in [0, 0.05) is 24.7 Å². The van der Waals surface area contributed by atoms with Gasteiger partial charge in [0.2, 0.25) is 0 Å². The maximum atomic E-state index is 12.4. The predicted molar refractivity (Wildman–Crippen MR) is 84.3 cm³/mol. The predicted octanol–water partition coefficient (Wildman–Crippen LogP) is 3.28. The zero-order chi connectivity index (χ0) is 14.5. The van der Waals surface area contributed by atoms with Crippen LogP contribution in [0.3, 0.4) is 0 Å². The zero-order valence-electron chi connectivity index (χ0n) is 12.9. The topological polar surface area (TPSA) is 32.3 Å². The summed E-state index contributed by atoms with van der Waals surface area (Å²) in [5, 5.41) is 3.08. The molecule has 3 heteroatoms. The maximum absolute atomic E-state index is 12.4. The summed E-state index contributed by atoms with van der Waals surface area (Å²) < 4.78 is 0. The first-order valence-electron chi connectivity index (χ1n) is 7.59. The number of rotatable bonds is 4. The van der Waals surface area contributed by atoms with E-state index in [1.807, 2.05) is 31.3 Å². The van der Waals surface area contributed by atoms with Gasteiger partial charge in [-0.1, -0.05) is 6.92 Å². The van der Waals surface area contributed by atoms with Gasteiger partial charge in [-0.15, -0.1) is 0 Å². The Morgan fingerprint density at radius 2 is 1.90 bits per heavy atom. The van der Waals surface area contributed by atoms with Crippen molar-refractivity contribution in [1.82, 2.24) is 4.90 Å². The Balaban J connectivity index is 1.98. The molecule has 1 aliphatic heterocycles. The standard InChI is InChI=1S/C17H26N2O/c1-13-8-10-19(3)11-9-15(13)12-17(20)14-4-6-16(18-2)7-5-14/h4-7,13,15,18H,8-12H2,1-3H3. The summed E-state index contributed by atoms with van der Waals surface area (Å²) >= 11 is 0.